The number of aldehydes is 1. The summed E-state index contributed by atoms with van der Waals surface area (Å²) in [6.45, 7) is 0. The van der Waals surface area contributed by atoms with Crippen molar-refractivity contribution in [2.24, 2.45) is 0 Å². The monoisotopic (exact) mass is 256 g/mol. The number of hydrogen-bond acceptors (Lipinski definition) is 3. The lowest BCUT2D eigenvalue weighted by molar-refractivity contribution is -0.138. The average molecular weight is 256 g/mol. The van der Waals surface area contributed by atoms with Crippen molar-refractivity contribution in [3.05, 3.63) is 34.9 Å². The van der Waals surface area contributed by atoms with Gasteiger partial charge < -0.3 is 4.74 Å². The fourth-order valence-electron chi connectivity index (χ4n) is 1.16. The highest BCUT2D eigenvalue weighted by molar-refractivity contribution is 5.89. The zero-order chi connectivity index (χ0) is 13.8. The van der Waals surface area contributed by atoms with Gasteiger partial charge in [0.1, 0.15) is 0 Å². The van der Waals surface area contributed by atoms with Gasteiger partial charge in [0, 0.05) is 17.0 Å². The summed E-state index contributed by atoms with van der Waals surface area (Å²) in [4.78, 5) is 21.2. The summed E-state index contributed by atoms with van der Waals surface area (Å²) in [5.41, 5.74) is -1.60. The number of rotatable bonds is 1. The number of carbonyl (C=O) groups excluding carboxylic acids is 2. The summed E-state index contributed by atoms with van der Waals surface area (Å²) in [5.74, 6) is 3.36. The van der Waals surface area contributed by atoms with E-state index in [1.165, 1.54) is 6.07 Å². The van der Waals surface area contributed by atoms with E-state index in [0.717, 1.165) is 13.2 Å². The van der Waals surface area contributed by atoms with Crippen LogP contribution in [0.1, 0.15) is 21.5 Å². The zero-order valence-electron chi connectivity index (χ0n) is 9.17. The molecule has 94 valence electrons. The van der Waals surface area contributed by atoms with Crippen molar-refractivity contribution >= 4 is 12.3 Å². The van der Waals surface area contributed by atoms with Crippen LogP contribution in [0.25, 0.3) is 0 Å². The van der Waals surface area contributed by atoms with Gasteiger partial charge in [-0.2, -0.15) is 13.2 Å². The maximum atomic E-state index is 12.6. The minimum absolute atomic E-state index is 0.0293. The maximum Gasteiger partial charge on any atom is 0.417 e. The molecule has 0 aliphatic carbocycles. The van der Waals surface area contributed by atoms with Crippen LogP contribution in [0.2, 0.25) is 0 Å². The lowest BCUT2D eigenvalue weighted by Crippen LogP contribution is -2.09. The van der Waals surface area contributed by atoms with Gasteiger partial charge in [0.2, 0.25) is 0 Å². The van der Waals surface area contributed by atoms with E-state index in [0.29, 0.717) is 6.07 Å². The van der Waals surface area contributed by atoms with Crippen molar-refractivity contribution in [3.8, 4) is 11.8 Å². The van der Waals surface area contributed by atoms with Gasteiger partial charge in [-0.05, 0) is 18.2 Å². The van der Waals surface area contributed by atoms with E-state index in [1.54, 1.807) is 0 Å². The fourth-order valence-corrected chi connectivity index (χ4v) is 1.16. The average Bonchev–Trinajstić information content (AvgIpc) is 2.34. The Bertz CT molecular complexity index is 536. The third-order valence-corrected chi connectivity index (χ3v) is 1.98. The number of carbonyl (C=O) groups is 2. The van der Waals surface area contributed by atoms with E-state index < -0.39 is 23.3 Å². The predicted octanol–water partition coefficient (Wildman–Crippen LogP) is 2.04. The molecule has 1 rings (SSSR count). The van der Waals surface area contributed by atoms with Gasteiger partial charge in [0.25, 0.3) is 0 Å². The van der Waals surface area contributed by atoms with E-state index in [2.05, 4.69) is 10.7 Å². The summed E-state index contributed by atoms with van der Waals surface area (Å²) < 4.78 is 42.0. The molecule has 0 spiro atoms. The number of benzene rings is 1. The van der Waals surface area contributed by atoms with E-state index in [9.17, 15) is 22.8 Å². The van der Waals surface area contributed by atoms with Gasteiger partial charge in [0.05, 0.1) is 12.7 Å². The molecule has 0 atom stereocenters. The Balaban J connectivity index is 3.22. The second-order valence-electron chi connectivity index (χ2n) is 3.16. The van der Waals surface area contributed by atoms with Crippen LogP contribution in [0.5, 0.6) is 0 Å². The SMILES string of the molecule is COC(=O)C#Cc1ccc(C=O)c(C(F)(F)F)c1. The molecule has 0 radical (unpaired) electrons. The Kier molecular flexibility index (Phi) is 4.10. The molecule has 0 N–H and O–H groups in total. The van der Waals surface area contributed by atoms with Crippen molar-refractivity contribution in [1.82, 2.24) is 0 Å². The second kappa shape index (κ2) is 5.36. The first kappa shape index (κ1) is 13.8. The fraction of sp³-hybridized carbons (Fsp3) is 0.167. The predicted molar refractivity (Wildman–Crippen MR) is 55.7 cm³/mol. The highest BCUT2D eigenvalue weighted by Crippen LogP contribution is 2.31. The van der Waals surface area contributed by atoms with Crippen LogP contribution in [0, 0.1) is 11.8 Å². The Morgan fingerprint density at radius 2 is 2.06 bits per heavy atom. The van der Waals surface area contributed by atoms with E-state index in [4.69, 9.17) is 0 Å². The summed E-state index contributed by atoms with van der Waals surface area (Å²) in [7, 11) is 1.10. The molecule has 0 aliphatic rings. The van der Waals surface area contributed by atoms with Crippen LogP contribution >= 0.6 is 0 Å². The maximum absolute atomic E-state index is 12.6. The molecule has 1 aromatic carbocycles. The quantitative estimate of drug-likeness (QED) is 0.438. The smallest absolute Gasteiger partial charge is 0.417 e. The number of hydrogen-bond donors (Lipinski definition) is 0. The molecule has 0 heterocycles. The van der Waals surface area contributed by atoms with Crippen LogP contribution in [0.15, 0.2) is 18.2 Å². The largest absolute Gasteiger partial charge is 0.459 e. The first-order valence-corrected chi connectivity index (χ1v) is 4.65. The molecule has 0 aliphatic heterocycles. The number of alkyl halides is 3. The summed E-state index contributed by atoms with van der Waals surface area (Å²) in [5, 5.41) is 0. The topological polar surface area (TPSA) is 43.4 Å². The third kappa shape index (κ3) is 3.35. The first-order valence-electron chi connectivity index (χ1n) is 4.65. The Labute approximate surface area is 101 Å². The Morgan fingerprint density at radius 3 is 2.56 bits per heavy atom. The van der Waals surface area contributed by atoms with Crippen molar-refractivity contribution in [2.45, 2.75) is 6.18 Å². The van der Waals surface area contributed by atoms with Gasteiger partial charge in [-0.3, -0.25) is 4.79 Å². The number of esters is 1. The summed E-state index contributed by atoms with van der Waals surface area (Å²) in [6, 6.07) is 2.92. The highest BCUT2D eigenvalue weighted by Gasteiger charge is 2.33. The summed E-state index contributed by atoms with van der Waals surface area (Å²) in [6.07, 6.45) is -4.54. The normalized spacial score (nSPS) is 10.2. The van der Waals surface area contributed by atoms with Crippen molar-refractivity contribution < 1.29 is 27.5 Å². The molecule has 0 saturated heterocycles. The standard InChI is InChI=1S/C12H7F3O3/c1-18-11(17)5-3-8-2-4-9(7-16)10(6-8)12(13,14)15/h2,4,6-7H,1H3. The van der Waals surface area contributed by atoms with Gasteiger partial charge in [0.15, 0.2) is 6.29 Å². The Morgan fingerprint density at radius 1 is 1.39 bits per heavy atom. The molecule has 6 heteroatoms. The van der Waals surface area contributed by atoms with Gasteiger partial charge >= 0.3 is 12.1 Å². The molecule has 0 amide bonds. The van der Waals surface area contributed by atoms with Gasteiger partial charge in [-0.25, -0.2) is 4.79 Å². The molecule has 0 aromatic heterocycles. The first-order chi connectivity index (χ1) is 8.38. The van der Waals surface area contributed by atoms with Gasteiger partial charge in [-0.15, -0.1) is 0 Å². The second-order valence-corrected chi connectivity index (χ2v) is 3.16. The summed E-state index contributed by atoms with van der Waals surface area (Å²) >= 11 is 0. The molecule has 0 saturated carbocycles. The molecule has 0 unspecified atom stereocenters. The minimum atomic E-state index is -4.65. The van der Waals surface area contributed by atoms with Crippen LogP contribution in [0.4, 0.5) is 13.2 Å². The molecule has 0 bridgehead atoms. The zero-order valence-corrected chi connectivity index (χ0v) is 9.17. The molecule has 18 heavy (non-hydrogen) atoms. The minimum Gasteiger partial charge on any atom is -0.459 e. The van der Waals surface area contributed by atoms with E-state index in [1.807, 2.05) is 5.92 Å². The molecule has 0 fully saturated rings. The molecular formula is C12H7F3O3. The number of halogens is 3. The third-order valence-electron chi connectivity index (χ3n) is 1.98. The van der Waals surface area contributed by atoms with Gasteiger partial charge in [-0.1, -0.05) is 5.92 Å². The highest BCUT2D eigenvalue weighted by atomic mass is 19.4. The van der Waals surface area contributed by atoms with Crippen LogP contribution in [-0.2, 0) is 15.7 Å². The van der Waals surface area contributed by atoms with E-state index >= 15 is 0 Å². The molecule has 3 nitrogen and oxygen atoms in total. The number of ether oxygens (including phenoxy) is 1. The van der Waals surface area contributed by atoms with Crippen LogP contribution in [0.3, 0.4) is 0 Å². The van der Waals surface area contributed by atoms with Crippen molar-refractivity contribution in [2.75, 3.05) is 7.11 Å². The molecule has 1 aromatic rings. The lowest BCUT2D eigenvalue weighted by Gasteiger charge is -2.09. The van der Waals surface area contributed by atoms with E-state index in [-0.39, 0.29) is 11.8 Å². The van der Waals surface area contributed by atoms with Crippen LogP contribution < -0.4 is 0 Å². The lowest BCUT2D eigenvalue weighted by atomic mass is 10.0. The number of methoxy groups -OCH3 is 1. The molecular weight excluding hydrogens is 249 g/mol. The van der Waals surface area contributed by atoms with Crippen LogP contribution in [-0.4, -0.2) is 19.4 Å². The Hall–Kier alpha value is -2.29. The van der Waals surface area contributed by atoms with Crippen molar-refractivity contribution in [3.63, 3.8) is 0 Å². The van der Waals surface area contributed by atoms with Crippen molar-refractivity contribution in [1.29, 1.82) is 0 Å².